The summed E-state index contributed by atoms with van der Waals surface area (Å²) >= 11 is 0. The molecule has 4 rings (SSSR count). The molecule has 0 radical (unpaired) electrons. The summed E-state index contributed by atoms with van der Waals surface area (Å²) in [6, 6.07) is 13.4. The molecule has 2 heterocycles. The molecule has 2 aromatic carbocycles. The number of methoxy groups -OCH3 is 1. The second kappa shape index (κ2) is 8.30. The average molecular weight is 408 g/mol. The van der Waals surface area contributed by atoms with E-state index in [0.29, 0.717) is 34.1 Å². The fourth-order valence-corrected chi connectivity index (χ4v) is 4.05. The Morgan fingerprint density at radius 1 is 1.00 bits per heavy atom. The number of amides is 2. The van der Waals surface area contributed by atoms with Crippen molar-refractivity contribution in [2.75, 3.05) is 20.2 Å². The first-order valence-corrected chi connectivity index (χ1v) is 10.2. The summed E-state index contributed by atoms with van der Waals surface area (Å²) in [6.07, 6.45) is 1.93. The van der Waals surface area contributed by atoms with Gasteiger partial charge in [-0.1, -0.05) is 37.3 Å². The van der Waals surface area contributed by atoms with Crippen LogP contribution < -0.4 is 4.74 Å². The van der Waals surface area contributed by atoms with E-state index in [0.717, 1.165) is 30.8 Å². The van der Waals surface area contributed by atoms with Crippen LogP contribution in [0.15, 0.2) is 54.2 Å². The molecule has 0 saturated carbocycles. The van der Waals surface area contributed by atoms with E-state index in [4.69, 9.17) is 4.74 Å². The maximum atomic E-state index is 14.2. The fraction of sp³-hybridized carbons (Fsp3) is 0.333. The van der Waals surface area contributed by atoms with Crippen LogP contribution in [0.3, 0.4) is 0 Å². The van der Waals surface area contributed by atoms with Crippen LogP contribution in [0.4, 0.5) is 4.39 Å². The van der Waals surface area contributed by atoms with Crippen LogP contribution in [-0.2, 0) is 16.1 Å². The summed E-state index contributed by atoms with van der Waals surface area (Å²) < 4.78 is 19.4. The smallest absolute Gasteiger partial charge is 0.278 e. The van der Waals surface area contributed by atoms with E-state index in [1.54, 1.807) is 49.6 Å². The Morgan fingerprint density at radius 2 is 1.67 bits per heavy atom. The Bertz CT molecular complexity index is 992. The van der Waals surface area contributed by atoms with Crippen LogP contribution in [-0.4, -0.2) is 41.8 Å². The van der Waals surface area contributed by atoms with Crippen molar-refractivity contribution in [1.82, 2.24) is 9.80 Å². The molecule has 2 aliphatic rings. The summed E-state index contributed by atoms with van der Waals surface area (Å²) in [5.41, 5.74) is 1.79. The minimum Gasteiger partial charge on any atom is -0.497 e. The van der Waals surface area contributed by atoms with Crippen molar-refractivity contribution in [2.24, 2.45) is 5.92 Å². The van der Waals surface area contributed by atoms with Gasteiger partial charge in [-0.2, -0.15) is 0 Å². The third kappa shape index (κ3) is 3.70. The zero-order valence-corrected chi connectivity index (χ0v) is 17.2. The molecular weight excluding hydrogens is 383 g/mol. The van der Waals surface area contributed by atoms with Crippen molar-refractivity contribution in [2.45, 2.75) is 26.3 Å². The van der Waals surface area contributed by atoms with E-state index in [9.17, 15) is 14.0 Å². The van der Waals surface area contributed by atoms with Crippen LogP contribution in [0, 0.1) is 11.7 Å². The molecule has 30 heavy (non-hydrogen) atoms. The Kier molecular flexibility index (Phi) is 5.57. The van der Waals surface area contributed by atoms with Crippen LogP contribution in [0.25, 0.3) is 5.57 Å². The van der Waals surface area contributed by atoms with Gasteiger partial charge in [0, 0.05) is 18.7 Å². The van der Waals surface area contributed by atoms with E-state index < -0.39 is 5.82 Å². The largest absolute Gasteiger partial charge is 0.497 e. The van der Waals surface area contributed by atoms with Gasteiger partial charge in [-0.25, -0.2) is 4.39 Å². The number of hydrogen-bond donors (Lipinski definition) is 0. The Hall–Kier alpha value is -3.15. The predicted octanol–water partition coefficient (Wildman–Crippen LogP) is 3.85. The zero-order valence-electron chi connectivity index (χ0n) is 17.2. The molecule has 0 aliphatic carbocycles. The molecule has 0 unspecified atom stereocenters. The van der Waals surface area contributed by atoms with Gasteiger partial charge >= 0.3 is 0 Å². The number of rotatable bonds is 5. The lowest BCUT2D eigenvalue weighted by Crippen LogP contribution is -2.38. The molecule has 156 valence electrons. The van der Waals surface area contributed by atoms with E-state index >= 15 is 0 Å². The van der Waals surface area contributed by atoms with E-state index in [1.807, 2.05) is 4.90 Å². The SMILES string of the molecule is COc1ccc(C2=C(N3CCC(C)CC3)C(=O)N(Cc3ccccc3F)C2=O)cc1. The summed E-state index contributed by atoms with van der Waals surface area (Å²) in [4.78, 5) is 29.9. The second-order valence-electron chi connectivity index (χ2n) is 7.91. The van der Waals surface area contributed by atoms with Gasteiger partial charge in [0.2, 0.25) is 0 Å². The Labute approximate surface area is 175 Å². The summed E-state index contributed by atoms with van der Waals surface area (Å²) in [7, 11) is 1.58. The Morgan fingerprint density at radius 3 is 2.30 bits per heavy atom. The maximum Gasteiger partial charge on any atom is 0.278 e. The molecule has 2 amide bonds. The van der Waals surface area contributed by atoms with Gasteiger partial charge in [-0.05, 0) is 42.5 Å². The van der Waals surface area contributed by atoms with Crippen molar-refractivity contribution in [1.29, 1.82) is 0 Å². The number of halogens is 1. The van der Waals surface area contributed by atoms with Crippen LogP contribution in [0.1, 0.15) is 30.9 Å². The summed E-state index contributed by atoms with van der Waals surface area (Å²) in [5, 5.41) is 0. The van der Waals surface area contributed by atoms with Gasteiger partial charge < -0.3 is 9.64 Å². The van der Waals surface area contributed by atoms with Gasteiger partial charge in [0.05, 0.1) is 19.2 Å². The molecule has 1 saturated heterocycles. The van der Waals surface area contributed by atoms with Gasteiger partial charge in [-0.3, -0.25) is 14.5 Å². The number of piperidine rings is 1. The van der Waals surface area contributed by atoms with Gasteiger partial charge in [0.25, 0.3) is 11.8 Å². The van der Waals surface area contributed by atoms with Gasteiger partial charge in [0.1, 0.15) is 17.3 Å². The van der Waals surface area contributed by atoms with Crippen molar-refractivity contribution in [3.05, 3.63) is 71.2 Å². The van der Waals surface area contributed by atoms with Gasteiger partial charge in [-0.15, -0.1) is 0 Å². The predicted molar refractivity (Wildman–Crippen MR) is 112 cm³/mol. The van der Waals surface area contributed by atoms with Crippen LogP contribution >= 0.6 is 0 Å². The fourth-order valence-electron chi connectivity index (χ4n) is 4.05. The summed E-state index contributed by atoms with van der Waals surface area (Å²) in [5.74, 6) is 0.0932. The second-order valence-corrected chi connectivity index (χ2v) is 7.91. The molecule has 5 nitrogen and oxygen atoms in total. The number of imide groups is 1. The normalized spacial score (nSPS) is 17.8. The number of hydrogen-bond acceptors (Lipinski definition) is 4. The topological polar surface area (TPSA) is 49.9 Å². The first-order chi connectivity index (χ1) is 14.5. The first kappa shape index (κ1) is 20.1. The number of ether oxygens (including phenoxy) is 1. The molecule has 0 spiro atoms. The molecule has 0 atom stereocenters. The maximum absolute atomic E-state index is 14.2. The highest BCUT2D eigenvalue weighted by molar-refractivity contribution is 6.35. The number of nitrogens with zero attached hydrogens (tertiary/aromatic N) is 2. The lowest BCUT2D eigenvalue weighted by Gasteiger charge is -2.32. The molecule has 6 heteroatoms. The minimum atomic E-state index is -0.427. The van der Waals surface area contributed by atoms with Crippen molar-refractivity contribution < 1.29 is 18.7 Å². The van der Waals surface area contributed by atoms with Crippen LogP contribution in [0.2, 0.25) is 0 Å². The lowest BCUT2D eigenvalue weighted by molar-refractivity contribution is -0.138. The molecule has 0 bridgehead atoms. The number of carbonyl (C=O) groups excluding carboxylic acids is 2. The number of carbonyl (C=O) groups is 2. The standard InChI is InChI=1S/C24H25FN2O3/c1-16-11-13-26(14-12-16)22-21(17-7-9-19(30-2)10-8-17)23(28)27(24(22)29)15-18-5-3-4-6-20(18)25/h3-10,16H,11-15H2,1-2H3. The average Bonchev–Trinajstić information content (AvgIpc) is 3.00. The quantitative estimate of drug-likeness (QED) is 0.706. The first-order valence-electron chi connectivity index (χ1n) is 10.2. The van der Waals surface area contributed by atoms with Crippen LogP contribution in [0.5, 0.6) is 5.75 Å². The molecular formula is C24H25FN2O3. The molecule has 0 N–H and O–H groups in total. The van der Waals surface area contributed by atoms with Crippen molar-refractivity contribution in [3.8, 4) is 5.75 Å². The highest BCUT2D eigenvalue weighted by atomic mass is 19.1. The molecule has 1 fully saturated rings. The highest BCUT2D eigenvalue weighted by Gasteiger charge is 2.42. The monoisotopic (exact) mass is 408 g/mol. The Balaban J connectivity index is 1.73. The lowest BCUT2D eigenvalue weighted by atomic mass is 9.97. The van der Waals surface area contributed by atoms with E-state index in [-0.39, 0.29) is 18.4 Å². The number of benzene rings is 2. The molecule has 0 aromatic heterocycles. The third-order valence-corrected chi connectivity index (χ3v) is 5.91. The summed E-state index contributed by atoms with van der Waals surface area (Å²) in [6.45, 7) is 3.56. The van der Waals surface area contributed by atoms with E-state index in [1.165, 1.54) is 6.07 Å². The zero-order chi connectivity index (χ0) is 21.3. The van der Waals surface area contributed by atoms with Crippen molar-refractivity contribution in [3.63, 3.8) is 0 Å². The third-order valence-electron chi connectivity index (χ3n) is 5.91. The molecule has 2 aliphatic heterocycles. The minimum absolute atomic E-state index is 0.0856. The highest BCUT2D eigenvalue weighted by Crippen LogP contribution is 2.35. The molecule has 2 aromatic rings. The number of likely N-dealkylation sites (tertiary alicyclic amines) is 1. The van der Waals surface area contributed by atoms with Crippen molar-refractivity contribution >= 4 is 17.4 Å². The van der Waals surface area contributed by atoms with E-state index in [2.05, 4.69) is 6.92 Å². The van der Waals surface area contributed by atoms with Gasteiger partial charge in [0.15, 0.2) is 0 Å².